The Balaban J connectivity index is 1.97. The first-order valence-electron chi connectivity index (χ1n) is 8.52. The number of nitrogens with one attached hydrogen (secondary N) is 1. The third-order valence-electron chi connectivity index (χ3n) is 3.85. The van der Waals surface area contributed by atoms with Crippen LogP contribution in [0.5, 0.6) is 5.75 Å². The SMILES string of the molecule is CCCCCNC(=O)c1ccc(OCc2ccccc2)c(CN)c1. The van der Waals surface area contributed by atoms with Crippen molar-refractivity contribution in [3.05, 3.63) is 65.2 Å². The molecule has 0 saturated carbocycles. The lowest BCUT2D eigenvalue weighted by Crippen LogP contribution is -2.24. The highest BCUT2D eigenvalue weighted by Crippen LogP contribution is 2.21. The summed E-state index contributed by atoms with van der Waals surface area (Å²) in [6.45, 7) is 3.66. The summed E-state index contributed by atoms with van der Waals surface area (Å²) >= 11 is 0. The highest BCUT2D eigenvalue weighted by Gasteiger charge is 2.10. The van der Waals surface area contributed by atoms with Crippen molar-refractivity contribution in [2.45, 2.75) is 39.3 Å². The number of hydrogen-bond acceptors (Lipinski definition) is 3. The van der Waals surface area contributed by atoms with Crippen LogP contribution < -0.4 is 15.8 Å². The van der Waals surface area contributed by atoms with Gasteiger partial charge in [0.05, 0.1) is 0 Å². The summed E-state index contributed by atoms with van der Waals surface area (Å²) in [5.41, 5.74) is 8.38. The Labute approximate surface area is 144 Å². The maximum absolute atomic E-state index is 12.2. The van der Waals surface area contributed by atoms with Crippen molar-refractivity contribution in [3.8, 4) is 5.75 Å². The van der Waals surface area contributed by atoms with Gasteiger partial charge in [-0.25, -0.2) is 0 Å². The Morgan fingerprint density at radius 2 is 1.92 bits per heavy atom. The number of nitrogens with two attached hydrogens (primary N) is 1. The van der Waals surface area contributed by atoms with E-state index in [4.69, 9.17) is 10.5 Å². The quantitative estimate of drug-likeness (QED) is 0.691. The van der Waals surface area contributed by atoms with E-state index in [0.717, 1.165) is 36.1 Å². The van der Waals surface area contributed by atoms with E-state index in [0.29, 0.717) is 25.3 Å². The minimum Gasteiger partial charge on any atom is -0.489 e. The van der Waals surface area contributed by atoms with Gasteiger partial charge in [-0.05, 0) is 30.2 Å². The zero-order valence-electron chi connectivity index (χ0n) is 14.3. The number of rotatable bonds is 9. The van der Waals surface area contributed by atoms with Crippen LogP contribution in [0, 0.1) is 0 Å². The van der Waals surface area contributed by atoms with Gasteiger partial charge < -0.3 is 15.8 Å². The molecule has 1 amide bonds. The molecule has 24 heavy (non-hydrogen) atoms. The first kappa shape index (κ1) is 18.0. The van der Waals surface area contributed by atoms with Gasteiger partial charge in [0.15, 0.2) is 0 Å². The van der Waals surface area contributed by atoms with Gasteiger partial charge in [0, 0.05) is 24.2 Å². The zero-order valence-corrected chi connectivity index (χ0v) is 14.3. The molecule has 4 nitrogen and oxygen atoms in total. The summed E-state index contributed by atoms with van der Waals surface area (Å²) in [4.78, 5) is 12.2. The molecule has 0 aliphatic carbocycles. The summed E-state index contributed by atoms with van der Waals surface area (Å²) < 4.78 is 5.85. The van der Waals surface area contributed by atoms with Gasteiger partial charge in [0.2, 0.25) is 0 Å². The number of benzene rings is 2. The second-order valence-electron chi connectivity index (χ2n) is 5.76. The first-order chi connectivity index (χ1) is 11.7. The topological polar surface area (TPSA) is 64.3 Å². The molecule has 0 unspecified atom stereocenters. The molecule has 2 rings (SSSR count). The van der Waals surface area contributed by atoms with Crippen LogP contribution in [-0.2, 0) is 13.2 Å². The van der Waals surface area contributed by atoms with Gasteiger partial charge in [0.1, 0.15) is 12.4 Å². The second-order valence-corrected chi connectivity index (χ2v) is 5.76. The maximum Gasteiger partial charge on any atom is 0.251 e. The summed E-state index contributed by atoms with van der Waals surface area (Å²) in [5, 5.41) is 2.94. The van der Waals surface area contributed by atoms with Crippen LogP contribution in [0.4, 0.5) is 0 Å². The summed E-state index contributed by atoms with van der Waals surface area (Å²) in [6, 6.07) is 15.4. The highest BCUT2D eigenvalue weighted by molar-refractivity contribution is 5.94. The smallest absolute Gasteiger partial charge is 0.251 e. The predicted octanol–water partition coefficient (Wildman–Crippen LogP) is 3.64. The third-order valence-corrected chi connectivity index (χ3v) is 3.85. The minimum atomic E-state index is -0.0598. The predicted molar refractivity (Wildman–Crippen MR) is 97.0 cm³/mol. The molecule has 0 spiro atoms. The van der Waals surface area contributed by atoms with Crippen LogP contribution in [0.15, 0.2) is 48.5 Å². The van der Waals surface area contributed by atoms with Crippen LogP contribution >= 0.6 is 0 Å². The van der Waals surface area contributed by atoms with Gasteiger partial charge in [-0.3, -0.25) is 4.79 Å². The Morgan fingerprint density at radius 1 is 1.12 bits per heavy atom. The average Bonchev–Trinajstić information content (AvgIpc) is 2.64. The van der Waals surface area contributed by atoms with E-state index in [1.54, 1.807) is 6.07 Å². The molecule has 0 radical (unpaired) electrons. The Kier molecular flexibility index (Phi) is 7.30. The van der Waals surface area contributed by atoms with E-state index in [-0.39, 0.29) is 5.91 Å². The normalized spacial score (nSPS) is 10.4. The van der Waals surface area contributed by atoms with Crippen LogP contribution in [-0.4, -0.2) is 12.5 Å². The highest BCUT2D eigenvalue weighted by atomic mass is 16.5. The molecule has 0 saturated heterocycles. The largest absolute Gasteiger partial charge is 0.489 e. The van der Waals surface area contributed by atoms with E-state index < -0.39 is 0 Å². The number of carbonyl (C=O) groups excluding carboxylic acids is 1. The van der Waals surface area contributed by atoms with Crippen molar-refractivity contribution in [1.82, 2.24) is 5.32 Å². The number of unbranched alkanes of at least 4 members (excludes halogenated alkanes) is 2. The van der Waals surface area contributed by atoms with E-state index in [1.807, 2.05) is 42.5 Å². The Hall–Kier alpha value is -2.33. The fraction of sp³-hybridized carbons (Fsp3) is 0.350. The lowest BCUT2D eigenvalue weighted by molar-refractivity contribution is 0.0953. The Morgan fingerprint density at radius 3 is 2.62 bits per heavy atom. The van der Waals surface area contributed by atoms with E-state index in [2.05, 4.69) is 12.2 Å². The van der Waals surface area contributed by atoms with Crippen molar-refractivity contribution >= 4 is 5.91 Å². The van der Waals surface area contributed by atoms with Gasteiger partial charge in [-0.2, -0.15) is 0 Å². The Bertz CT molecular complexity index is 641. The molecule has 0 aliphatic rings. The molecule has 0 atom stereocenters. The van der Waals surface area contributed by atoms with Crippen molar-refractivity contribution < 1.29 is 9.53 Å². The van der Waals surface area contributed by atoms with Gasteiger partial charge in [-0.1, -0.05) is 50.1 Å². The molecule has 0 fully saturated rings. The number of ether oxygens (including phenoxy) is 1. The molecule has 0 aromatic heterocycles. The van der Waals surface area contributed by atoms with E-state index in [1.165, 1.54) is 0 Å². The van der Waals surface area contributed by atoms with Gasteiger partial charge >= 0.3 is 0 Å². The van der Waals surface area contributed by atoms with Crippen molar-refractivity contribution in [2.75, 3.05) is 6.54 Å². The average molecular weight is 326 g/mol. The van der Waals surface area contributed by atoms with Crippen LogP contribution in [0.1, 0.15) is 47.7 Å². The molecule has 128 valence electrons. The number of amides is 1. The summed E-state index contributed by atoms with van der Waals surface area (Å²) in [5.74, 6) is 0.666. The number of carbonyl (C=O) groups is 1. The molecule has 0 heterocycles. The summed E-state index contributed by atoms with van der Waals surface area (Å²) in [7, 11) is 0. The van der Waals surface area contributed by atoms with Crippen LogP contribution in [0.25, 0.3) is 0 Å². The molecular weight excluding hydrogens is 300 g/mol. The summed E-state index contributed by atoms with van der Waals surface area (Å²) in [6.07, 6.45) is 3.27. The second kappa shape index (κ2) is 9.73. The molecule has 2 aromatic rings. The molecule has 2 aromatic carbocycles. The lowest BCUT2D eigenvalue weighted by atomic mass is 10.1. The third kappa shape index (κ3) is 5.39. The first-order valence-corrected chi connectivity index (χ1v) is 8.52. The van der Waals surface area contributed by atoms with Gasteiger partial charge in [0.25, 0.3) is 5.91 Å². The van der Waals surface area contributed by atoms with E-state index in [9.17, 15) is 4.79 Å². The van der Waals surface area contributed by atoms with Gasteiger partial charge in [-0.15, -0.1) is 0 Å². The molecule has 3 N–H and O–H groups in total. The van der Waals surface area contributed by atoms with Crippen LogP contribution in [0.2, 0.25) is 0 Å². The van der Waals surface area contributed by atoms with Crippen LogP contribution in [0.3, 0.4) is 0 Å². The van der Waals surface area contributed by atoms with Crippen molar-refractivity contribution in [3.63, 3.8) is 0 Å². The number of hydrogen-bond donors (Lipinski definition) is 2. The van der Waals surface area contributed by atoms with Crippen molar-refractivity contribution in [2.24, 2.45) is 5.73 Å². The monoisotopic (exact) mass is 326 g/mol. The molecule has 4 heteroatoms. The fourth-order valence-electron chi connectivity index (χ4n) is 2.44. The minimum absolute atomic E-state index is 0.0598. The lowest BCUT2D eigenvalue weighted by Gasteiger charge is -2.12. The maximum atomic E-state index is 12.2. The molecule has 0 bridgehead atoms. The van der Waals surface area contributed by atoms with Crippen molar-refractivity contribution in [1.29, 1.82) is 0 Å². The zero-order chi connectivity index (χ0) is 17.2. The molecular formula is C20H26N2O2. The fourth-order valence-corrected chi connectivity index (χ4v) is 2.44. The van der Waals surface area contributed by atoms with E-state index >= 15 is 0 Å². The molecule has 0 aliphatic heterocycles. The standard InChI is InChI=1S/C20H26N2O2/c1-2-3-7-12-22-20(23)17-10-11-19(18(13-17)14-21)24-15-16-8-5-4-6-9-16/h4-6,8-11,13H,2-3,7,12,14-15,21H2,1H3,(H,22,23).